The van der Waals surface area contributed by atoms with Gasteiger partial charge in [-0.1, -0.05) is 50.1 Å². The molecule has 1 aromatic carbocycles. The second kappa shape index (κ2) is 9.75. The zero-order chi connectivity index (χ0) is 19.0. The van der Waals surface area contributed by atoms with E-state index in [4.69, 9.17) is 0 Å². The minimum atomic E-state index is -1.79. The van der Waals surface area contributed by atoms with Crippen LogP contribution in [0.15, 0.2) is 30.3 Å². The Kier molecular flexibility index (Phi) is 7.68. The third kappa shape index (κ3) is 4.87. The number of nitrogens with zero attached hydrogens (tertiary/aromatic N) is 1. The van der Waals surface area contributed by atoms with E-state index in [1.54, 1.807) is 24.3 Å². The van der Waals surface area contributed by atoms with Crippen LogP contribution in [0.4, 0.5) is 0 Å². The highest BCUT2D eigenvalue weighted by Crippen LogP contribution is 2.42. The van der Waals surface area contributed by atoms with E-state index in [-0.39, 0.29) is 5.92 Å². The summed E-state index contributed by atoms with van der Waals surface area (Å²) in [5.74, 6) is 5.65. The molecule has 1 atom stereocenters. The molecule has 0 heterocycles. The molecule has 1 fully saturated rings. The quantitative estimate of drug-likeness (QED) is 0.733. The Hall–Kier alpha value is -1.83. The van der Waals surface area contributed by atoms with Crippen molar-refractivity contribution in [2.45, 2.75) is 51.6 Å². The molecule has 0 aromatic heterocycles. The summed E-state index contributed by atoms with van der Waals surface area (Å²) in [6.07, 6.45) is 4.16. The van der Waals surface area contributed by atoms with Crippen LogP contribution >= 0.6 is 0 Å². The van der Waals surface area contributed by atoms with E-state index in [0.717, 1.165) is 51.7 Å². The van der Waals surface area contributed by atoms with Gasteiger partial charge in [-0.3, -0.25) is 4.90 Å². The zero-order valence-electron chi connectivity index (χ0n) is 15.9. The summed E-state index contributed by atoms with van der Waals surface area (Å²) >= 11 is 0. The standard InChI is InChI=1S/C22H31NO3/c1-3-23(4-2)17-9-8-10-18-13-15-20(16-14-18)22(26,21(24)25)19-11-6-5-7-12-19/h5-7,11-12,18,20,26H,3-4,10,13-17H2,1-2H3,(H,24,25). The molecule has 1 aliphatic carbocycles. The van der Waals surface area contributed by atoms with Crippen molar-refractivity contribution in [3.8, 4) is 11.8 Å². The lowest BCUT2D eigenvalue weighted by molar-refractivity contribution is -0.169. The van der Waals surface area contributed by atoms with Gasteiger partial charge in [-0.05, 0) is 50.3 Å². The molecule has 0 spiro atoms. The smallest absolute Gasteiger partial charge is 0.340 e. The monoisotopic (exact) mass is 357 g/mol. The Morgan fingerprint density at radius 2 is 1.73 bits per heavy atom. The summed E-state index contributed by atoms with van der Waals surface area (Å²) in [5.41, 5.74) is -1.31. The lowest BCUT2D eigenvalue weighted by Crippen LogP contribution is -2.44. The van der Waals surface area contributed by atoms with Crippen molar-refractivity contribution in [1.82, 2.24) is 4.90 Å². The van der Waals surface area contributed by atoms with Crippen molar-refractivity contribution in [3.05, 3.63) is 35.9 Å². The van der Waals surface area contributed by atoms with Crippen molar-refractivity contribution in [2.24, 2.45) is 11.8 Å². The van der Waals surface area contributed by atoms with Gasteiger partial charge in [0.05, 0.1) is 6.54 Å². The summed E-state index contributed by atoms with van der Waals surface area (Å²) < 4.78 is 0. The summed E-state index contributed by atoms with van der Waals surface area (Å²) in [6, 6.07) is 8.80. The van der Waals surface area contributed by atoms with Crippen LogP contribution in [-0.2, 0) is 10.4 Å². The van der Waals surface area contributed by atoms with Gasteiger partial charge in [0.15, 0.2) is 5.60 Å². The number of hydrogen-bond acceptors (Lipinski definition) is 3. The van der Waals surface area contributed by atoms with Gasteiger partial charge in [0.1, 0.15) is 0 Å². The third-order valence-corrected chi connectivity index (χ3v) is 5.69. The number of hydrogen-bond donors (Lipinski definition) is 2. The van der Waals surface area contributed by atoms with Crippen LogP contribution in [0.3, 0.4) is 0 Å². The van der Waals surface area contributed by atoms with Gasteiger partial charge in [-0.25, -0.2) is 4.79 Å². The van der Waals surface area contributed by atoms with Crippen LogP contribution < -0.4 is 0 Å². The Morgan fingerprint density at radius 3 is 2.27 bits per heavy atom. The van der Waals surface area contributed by atoms with Crippen LogP contribution in [-0.4, -0.2) is 40.7 Å². The minimum Gasteiger partial charge on any atom is -0.479 e. The predicted octanol–water partition coefficient (Wildman–Crippen LogP) is 3.50. The third-order valence-electron chi connectivity index (χ3n) is 5.69. The van der Waals surface area contributed by atoms with E-state index < -0.39 is 11.6 Å². The molecule has 142 valence electrons. The van der Waals surface area contributed by atoms with E-state index in [0.29, 0.717) is 11.5 Å². The van der Waals surface area contributed by atoms with E-state index in [2.05, 4.69) is 30.6 Å². The largest absolute Gasteiger partial charge is 0.479 e. The van der Waals surface area contributed by atoms with Gasteiger partial charge >= 0.3 is 5.97 Å². The average molecular weight is 357 g/mol. The molecular weight excluding hydrogens is 326 g/mol. The van der Waals surface area contributed by atoms with Crippen LogP contribution in [0.1, 0.15) is 51.5 Å². The lowest BCUT2D eigenvalue weighted by Gasteiger charge is -2.37. The first kappa shape index (κ1) is 20.5. The number of carboxylic acid groups (broad SMARTS) is 1. The fourth-order valence-corrected chi connectivity index (χ4v) is 3.84. The molecule has 2 rings (SSSR count). The minimum absolute atomic E-state index is 0.248. The van der Waals surface area contributed by atoms with Crippen LogP contribution in [0.25, 0.3) is 0 Å². The highest BCUT2D eigenvalue weighted by atomic mass is 16.4. The molecule has 26 heavy (non-hydrogen) atoms. The Balaban J connectivity index is 1.92. The van der Waals surface area contributed by atoms with Gasteiger partial charge < -0.3 is 10.2 Å². The number of carbonyl (C=O) groups is 1. The number of aliphatic carboxylic acids is 1. The molecular formula is C22H31NO3. The second-order valence-corrected chi connectivity index (χ2v) is 7.17. The molecule has 0 radical (unpaired) electrons. The Bertz CT molecular complexity index is 622. The Labute approximate surface area is 157 Å². The molecule has 0 amide bonds. The fraction of sp³-hybridized carbons (Fsp3) is 0.591. The zero-order valence-corrected chi connectivity index (χ0v) is 15.9. The molecule has 4 heteroatoms. The summed E-state index contributed by atoms with van der Waals surface area (Å²) in [6.45, 7) is 7.13. The van der Waals surface area contributed by atoms with Crippen LogP contribution in [0.5, 0.6) is 0 Å². The molecule has 1 saturated carbocycles. The van der Waals surface area contributed by atoms with Gasteiger partial charge in [0, 0.05) is 12.3 Å². The SMILES string of the molecule is CCN(CC)CC#CCC1CCC(C(O)(C(=O)O)c2ccccc2)CC1. The van der Waals surface area contributed by atoms with Crippen molar-refractivity contribution in [2.75, 3.05) is 19.6 Å². The molecule has 0 saturated heterocycles. The van der Waals surface area contributed by atoms with Crippen molar-refractivity contribution < 1.29 is 15.0 Å². The van der Waals surface area contributed by atoms with Crippen molar-refractivity contribution in [1.29, 1.82) is 0 Å². The highest BCUT2D eigenvalue weighted by Gasteiger charge is 2.46. The first-order valence-electron chi connectivity index (χ1n) is 9.71. The van der Waals surface area contributed by atoms with E-state index in [1.807, 2.05) is 6.07 Å². The molecule has 0 aliphatic heterocycles. The van der Waals surface area contributed by atoms with Gasteiger partial charge in [-0.2, -0.15) is 0 Å². The normalized spacial score (nSPS) is 22.3. The molecule has 1 aliphatic rings. The average Bonchev–Trinajstić information content (AvgIpc) is 2.68. The second-order valence-electron chi connectivity index (χ2n) is 7.17. The fourth-order valence-electron chi connectivity index (χ4n) is 3.84. The number of aliphatic hydroxyl groups is 1. The maximum absolute atomic E-state index is 11.9. The maximum atomic E-state index is 11.9. The molecule has 1 unspecified atom stereocenters. The maximum Gasteiger partial charge on any atom is 0.340 e. The van der Waals surface area contributed by atoms with Gasteiger partial charge in [-0.15, -0.1) is 5.92 Å². The summed E-state index contributed by atoms with van der Waals surface area (Å²) in [5, 5.41) is 20.7. The lowest BCUT2D eigenvalue weighted by atomic mass is 9.70. The van der Waals surface area contributed by atoms with Gasteiger partial charge in [0.2, 0.25) is 0 Å². The van der Waals surface area contributed by atoms with E-state index in [1.165, 1.54) is 0 Å². The van der Waals surface area contributed by atoms with Gasteiger partial charge in [0.25, 0.3) is 0 Å². The Morgan fingerprint density at radius 1 is 1.12 bits per heavy atom. The van der Waals surface area contributed by atoms with E-state index >= 15 is 0 Å². The highest BCUT2D eigenvalue weighted by molar-refractivity contribution is 5.79. The number of benzene rings is 1. The van der Waals surface area contributed by atoms with Crippen molar-refractivity contribution >= 4 is 5.97 Å². The van der Waals surface area contributed by atoms with Crippen LogP contribution in [0, 0.1) is 23.7 Å². The first-order chi connectivity index (χ1) is 12.5. The number of rotatable bonds is 7. The topological polar surface area (TPSA) is 60.8 Å². The molecule has 1 aromatic rings. The first-order valence-corrected chi connectivity index (χ1v) is 9.71. The molecule has 2 N–H and O–H groups in total. The molecule has 0 bridgehead atoms. The summed E-state index contributed by atoms with van der Waals surface area (Å²) in [4.78, 5) is 14.1. The summed E-state index contributed by atoms with van der Waals surface area (Å²) in [7, 11) is 0. The predicted molar refractivity (Wildman–Crippen MR) is 104 cm³/mol. The number of carboxylic acids is 1. The van der Waals surface area contributed by atoms with Crippen LogP contribution in [0.2, 0.25) is 0 Å². The molecule has 4 nitrogen and oxygen atoms in total. The van der Waals surface area contributed by atoms with E-state index in [9.17, 15) is 15.0 Å². The van der Waals surface area contributed by atoms with Crippen molar-refractivity contribution in [3.63, 3.8) is 0 Å².